The monoisotopic (exact) mass is 407 g/mol. The summed E-state index contributed by atoms with van der Waals surface area (Å²) in [5, 5.41) is 11.0. The summed E-state index contributed by atoms with van der Waals surface area (Å²) < 4.78 is 6.95. The number of aliphatic imine (C=N–C) groups is 1. The topological polar surface area (TPSA) is 87.0 Å². The highest BCUT2D eigenvalue weighted by Crippen LogP contribution is 2.15. The molecule has 9 heteroatoms. The van der Waals surface area contributed by atoms with Gasteiger partial charge in [0.25, 0.3) is 0 Å². The van der Waals surface area contributed by atoms with Crippen LogP contribution in [0.4, 0.5) is 0 Å². The third-order valence-corrected chi connectivity index (χ3v) is 5.33. The molecule has 0 radical (unpaired) electrons. The minimum absolute atomic E-state index is 0.0498. The fourth-order valence-electron chi connectivity index (χ4n) is 3.76. The molecule has 0 atom stereocenters. The van der Waals surface area contributed by atoms with Gasteiger partial charge in [-0.25, -0.2) is 0 Å². The molecule has 0 spiro atoms. The van der Waals surface area contributed by atoms with Crippen molar-refractivity contribution in [1.29, 1.82) is 0 Å². The molecule has 0 aromatic carbocycles. The van der Waals surface area contributed by atoms with Crippen LogP contribution in [0.1, 0.15) is 30.8 Å². The lowest BCUT2D eigenvalue weighted by Crippen LogP contribution is -2.54. The predicted octanol–water partition coefficient (Wildman–Crippen LogP) is 0.000500. The van der Waals surface area contributed by atoms with Gasteiger partial charge in [0.1, 0.15) is 0 Å². The molecule has 29 heavy (non-hydrogen) atoms. The Morgan fingerprint density at radius 1 is 1.17 bits per heavy atom. The molecule has 0 unspecified atom stereocenters. The minimum Gasteiger partial charge on any atom is -0.383 e. The lowest BCUT2D eigenvalue weighted by Gasteiger charge is -2.36. The summed E-state index contributed by atoms with van der Waals surface area (Å²) in [4.78, 5) is 20.9. The lowest BCUT2D eigenvalue weighted by molar-refractivity contribution is -0.122. The smallest absolute Gasteiger partial charge is 0.234 e. The van der Waals surface area contributed by atoms with Gasteiger partial charge < -0.3 is 20.3 Å². The zero-order valence-corrected chi connectivity index (χ0v) is 18.6. The second-order valence-corrected chi connectivity index (χ2v) is 7.21. The lowest BCUT2D eigenvalue weighted by atomic mass is 10.1. The summed E-state index contributed by atoms with van der Waals surface area (Å²) in [5.41, 5.74) is 3.70. The molecule has 1 fully saturated rings. The van der Waals surface area contributed by atoms with Gasteiger partial charge in [0.2, 0.25) is 5.91 Å². The number of hydrogen-bond acceptors (Lipinski definition) is 5. The van der Waals surface area contributed by atoms with E-state index in [9.17, 15) is 4.79 Å². The maximum Gasteiger partial charge on any atom is 0.234 e. The van der Waals surface area contributed by atoms with Crippen LogP contribution in [-0.4, -0.2) is 91.5 Å². The van der Waals surface area contributed by atoms with E-state index in [0.29, 0.717) is 19.7 Å². The van der Waals surface area contributed by atoms with Crippen LogP contribution in [0.2, 0.25) is 0 Å². The van der Waals surface area contributed by atoms with Crippen molar-refractivity contribution < 1.29 is 9.53 Å². The number of nitrogens with one attached hydrogen (secondary N) is 2. The van der Waals surface area contributed by atoms with Gasteiger partial charge in [-0.3, -0.25) is 19.4 Å². The number of carbonyl (C=O) groups excluding carboxylic acids is 1. The Kier molecular flexibility index (Phi) is 9.40. The van der Waals surface area contributed by atoms with E-state index in [0.717, 1.165) is 57.2 Å². The van der Waals surface area contributed by atoms with Gasteiger partial charge in [-0.2, -0.15) is 5.10 Å². The molecule has 1 saturated heterocycles. The number of aromatic nitrogens is 2. The normalized spacial score (nSPS) is 15.6. The van der Waals surface area contributed by atoms with E-state index < -0.39 is 0 Å². The molecule has 1 aromatic heterocycles. The number of aryl methyl sites for hydroxylation is 2. The number of hydrogen-bond donors (Lipinski definition) is 2. The Bertz CT molecular complexity index is 679. The average molecular weight is 408 g/mol. The van der Waals surface area contributed by atoms with Crippen molar-refractivity contribution >= 4 is 11.9 Å². The van der Waals surface area contributed by atoms with Crippen LogP contribution in [0.25, 0.3) is 0 Å². The molecule has 1 aromatic rings. The number of amides is 1. The zero-order valence-electron chi connectivity index (χ0n) is 18.6. The summed E-state index contributed by atoms with van der Waals surface area (Å²) in [6.45, 7) is 9.94. The van der Waals surface area contributed by atoms with Crippen molar-refractivity contribution in [3.8, 4) is 0 Å². The molecule has 2 N–H and O–H groups in total. The molecule has 164 valence electrons. The molecule has 0 bridgehead atoms. The number of guanidine groups is 1. The molecular formula is C20H37N7O2. The Morgan fingerprint density at radius 3 is 2.48 bits per heavy atom. The van der Waals surface area contributed by atoms with E-state index in [1.165, 1.54) is 11.3 Å². The number of piperazine rings is 1. The van der Waals surface area contributed by atoms with E-state index >= 15 is 0 Å². The van der Waals surface area contributed by atoms with Gasteiger partial charge in [-0.15, -0.1) is 0 Å². The summed E-state index contributed by atoms with van der Waals surface area (Å²) in [5.74, 6) is 0.955. The summed E-state index contributed by atoms with van der Waals surface area (Å²) in [6.07, 6.45) is 1.89. The largest absolute Gasteiger partial charge is 0.383 e. The molecule has 0 saturated carbocycles. The molecule has 1 amide bonds. The quantitative estimate of drug-likeness (QED) is 0.340. The molecule has 1 aliphatic rings. The fraction of sp³-hybridized carbons (Fsp3) is 0.750. The number of nitrogens with zero attached hydrogens (tertiary/aromatic N) is 5. The highest BCUT2D eigenvalue weighted by atomic mass is 16.5. The van der Waals surface area contributed by atoms with Crippen molar-refractivity contribution in [2.45, 2.75) is 33.2 Å². The van der Waals surface area contributed by atoms with Crippen LogP contribution in [0.15, 0.2) is 4.99 Å². The fourth-order valence-corrected chi connectivity index (χ4v) is 3.76. The number of ether oxygens (including phenoxy) is 1. The second-order valence-electron chi connectivity index (χ2n) is 7.21. The van der Waals surface area contributed by atoms with Gasteiger partial charge >= 0.3 is 0 Å². The van der Waals surface area contributed by atoms with Crippen LogP contribution in [0.3, 0.4) is 0 Å². The molecule has 0 aliphatic carbocycles. The van der Waals surface area contributed by atoms with Crippen molar-refractivity contribution in [3.05, 3.63) is 17.0 Å². The van der Waals surface area contributed by atoms with E-state index in [2.05, 4.69) is 44.4 Å². The van der Waals surface area contributed by atoms with Crippen LogP contribution in [0.5, 0.6) is 0 Å². The number of carbonyl (C=O) groups is 1. The third-order valence-electron chi connectivity index (χ3n) is 5.33. The van der Waals surface area contributed by atoms with Crippen molar-refractivity contribution in [2.75, 3.05) is 60.0 Å². The second kappa shape index (κ2) is 11.8. The first-order valence-corrected chi connectivity index (χ1v) is 10.5. The SMILES string of the molecule is CCc1nn(C)c(CC)c1CNC(=NC)N1CCN(CC(=O)NCCOC)CC1. The standard InChI is InChI=1S/C20H37N7O2/c1-6-17-16(18(7-2)25(4)24-17)14-23-20(21-3)27-11-9-26(10-12-27)15-19(28)22-8-13-29-5/h6-15H2,1-5H3,(H,21,23)(H,22,28). The summed E-state index contributed by atoms with van der Waals surface area (Å²) in [7, 11) is 5.47. The predicted molar refractivity (Wildman–Crippen MR) is 115 cm³/mol. The van der Waals surface area contributed by atoms with Crippen molar-refractivity contribution in [2.24, 2.45) is 12.0 Å². The van der Waals surface area contributed by atoms with Gasteiger partial charge in [0.15, 0.2) is 5.96 Å². The van der Waals surface area contributed by atoms with Gasteiger partial charge in [0.05, 0.1) is 18.8 Å². The Labute approximate surface area is 174 Å². The van der Waals surface area contributed by atoms with Gasteiger partial charge in [-0.05, 0) is 12.8 Å². The summed E-state index contributed by atoms with van der Waals surface area (Å²) in [6, 6.07) is 0. The number of rotatable bonds is 9. The maximum atomic E-state index is 12.0. The third kappa shape index (κ3) is 6.43. The first kappa shape index (κ1) is 23.2. The van der Waals surface area contributed by atoms with Crippen molar-refractivity contribution in [3.63, 3.8) is 0 Å². The molecule has 2 heterocycles. The molecule has 2 rings (SSSR count). The van der Waals surface area contributed by atoms with Gasteiger partial charge in [0, 0.05) is 71.7 Å². The first-order chi connectivity index (χ1) is 14.0. The summed E-state index contributed by atoms with van der Waals surface area (Å²) >= 11 is 0. The highest BCUT2D eigenvalue weighted by Gasteiger charge is 2.22. The molecule has 9 nitrogen and oxygen atoms in total. The Balaban J connectivity index is 1.85. The van der Waals surface area contributed by atoms with E-state index in [1.807, 2.05) is 18.8 Å². The van der Waals surface area contributed by atoms with Crippen LogP contribution >= 0.6 is 0 Å². The zero-order chi connectivity index (χ0) is 21.2. The van der Waals surface area contributed by atoms with E-state index in [1.54, 1.807) is 7.11 Å². The average Bonchev–Trinajstić information content (AvgIpc) is 3.04. The maximum absolute atomic E-state index is 12.0. The first-order valence-electron chi connectivity index (χ1n) is 10.5. The van der Waals surface area contributed by atoms with Crippen molar-refractivity contribution in [1.82, 2.24) is 30.2 Å². The van der Waals surface area contributed by atoms with Crippen LogP contribution in [0, 0.1) is 0 Å². The van der Waals surface area contributed by atoms with E-state index in [4.69, 9.17) is 4.74 Å². The van der Waals surface area contributed by atoms with Crippen LogP contribution in [-0.2, 0) is 36.0 Å². The highest BCUT2D eigenvalue weighted by molar-refractivity contribution is 5.80. The minimum atomic E-state index is 0.0498. The Morgan fingerprint density at radius 2 is 1.90 bits per heavy atom. The van der Waals surface area contributed by atoms with Gasteiger partial charge in [-0.1, -0.05) is 13.8 Å². The Hall–Kier alpha value is -2.13. The molecule has 1 aliphatic heterocycles. The van der Waals surface area contributed by atoms with Crippen LogP contribution < -0.4 is 10.6 Å². The van der Waals surface area contributed by atoms with E-state index in [-0.39, 0.29) is 5.91 Å². The molecular weight excluding hydrogens is 370 g/mol. The number of methoxy groups -OCH3 is 1.